The predicted molar refractivity (Wildman–Crippen MR) is 114 cm³/mol. The molecule has 0 aliphatic heterocycles. The predicted octanol–water partition coefficient (Wildman–Crippen LogP) is 3.46. The van der Waals surface area contributed by atoms with Crippen LogP contribution in [0.3, 0.4) is 0 Å². The average Bonchev–Trinajstić information content (AvgIpc) is 2.77. The van der Waals surface area contributed by atoms with Gasteiger partial charge in [0.1, 0.15) is 11.4 Å². The monoisotopic (exact) mass is 450 g/mol. The maximum Gasteiger partial charge on any atom is 0.392 e. The summed E-state index contributed by atoms with van der Waals surface area (Å²) in [6, 6.07) is 13.0. The van der Waals surface area contributed by atoms with Crippen molar-refractivity contribution in [2.45, 2.75) is 25.9 Å². The van der Waals surface area contributed by atoms with Crippen LogP contribution in [-0.4, -0.2) is 42.9 Å². The number of ether oxygens (including phenoxy) is 1. The van der Waals surface area contributed by atoms with Gasteiger partial charge in [0.05, 0.1) is 19.6 Å². The molecule has 0 heterocycles. The van der Waals surface area contributed by atoms with Gasteiger partial charge in [-0.25, -0.2) is 0 Å². The second-order valence-electron chi connectivity index (χ2n) is 6.82. The third-order valence-corrected chi connectivity index (χ3v) is 4.36. The van der Waals surface area contributed by atoms with Crippen LogP contribution in [0.1, 0.15) is 34.8 Å². The Morgan fingerprint density at radius 3 is 2.28 bits per heavy atom. The second-order valence-corrected chi connectivity index (χ2v) is 6.82. The van der Waals surface area contributed by atoms with Gasteiger partial charge in [0, 0.05) is 12.1 Å². The summed E-state index contributed by atoms with van der Waals surface area (Å²) in [7, 11) is 0. The lowest BCUT2D eigenvalue weighted by Gasteiger charge is -2.12. The lowest BCUT2D eigenvalue weighted by Crippen LogP contribution is -2.36. The fourth-order valence-corrected chi connectivity index (χ4v) is 2.62. The molecule has 2 rings (SSSR count). The van der Waals surface area contributed by atoms with Crippen molar-refractivity contribution >= 4 is 17.9 Å². The molecule has 3 N–H and O–H groups in total. The first-order valence-electron chi connectivity index (χ1n) is 10.0. The van der Waals surface area contributed by atoms with Gasteiger partial charge in [-0.2, -0.15) is 13.2 Å². The molecule has 6 nitrogen and oxygen atoms in total. The van der Waals surface area contributed by atoms with E-state index in [9.17, 15) is 22.8 Å². The number of hydrogen-bond donors (Lipinski definition) is 3. The molecular weight excluding hydrogens is 425 g/mol. The third-order valence-electron chi connectivity index (χ3n) is 4.36. The Morgan fingerprint density at radius 2 is 1.72 bits per heavy atom. The van der Waals surface area contributed by atoms with E-state index in [4.69, 9.17) is 9.84 Å². The number of amides is 2. The molecule has 0 atom stereocenters. The van der Waals surface area contributed by atoms with Gasteiger partial charge in [-0.3, -0.25) is 9.59 Å². The van der Waals surface area contributed by atoms with E-state index in [1.807, 2.05) is 31.2 Å². The number of aliphatic hydroxyl groups is 1. The van der Waals surface area contributed by atoms with Crippen LogP contribution in [-0.2, 0) is 11.2 Å². The van der Waals surface area contributed by atoms with Crippen molar-refractivity contribution < 1.29 is 32.6 Å². The molecule has 0 aromatic heterocycles. The number of nitrogens with one attached hydrogen (secondary N) is 2. The van der Waals surface area contributed by atoms with Crippen LogP contribution in [0.5, 0.6) is 5.75 Å². The molecule has 32 heavy (non-hydrogen) atoms. The maximum absolute atomic E-state index is 12.6. The number of hydrogen-bond acceptors (Lipinski definition) is 4. The van der Waals surface area contributed by atoms with Gasteiger partial charge >= 0.3 is 6.18 Å². The van der Waals surface area contributed by atoms with E-state index in [-0.39, 0.29) is 30.2 Å². The van der Waals surface area contributed by atoms with E-state index in [0.717, 1.165) is 12.0 Å². The Morgan fingerprint density at radius 1 is 1.06 bits per heavy atom. The van der Waals surface area contributed by atoms with Crippen LogP contribution in [0.25, 0.3) is 6.08 Å². The van der Waals surface area contributed by atoms with Crippen LogP contribution in [0.2, 0.25) is 0 Å². The van der Waals surface area contributed by atoms with Crippen LogP contribution >= 0.6 is 0 Å². The average molecular weight is 450 g/mol. The van der Waals surface area contributed by atoms with Crippen molar-refractivity contribution in [3.63, 3.8) is 0 Å². The first-order chi connectivity index (χ1) is 15.2. The molecule has 2 amide bonds. The van der Waals surface area contributed by atoms with E-state index in [1.54, 1.807) is 0 Å². The van der Waals surface area contributed by atoms with Gasteiger partial charge in [0.2, 0.25) is 0 Å². The molecular formula is C23H25F3N2O4. The SMILES string of the molecule is CCc1ccc(C=C(NC(=O)c2ccc(OCCC(F)(F)F)cc2)C(=O)NCCO)cc1. The highest BCUT2D eigenvalue weighted by molar-refractivity contribution is 6.05. The lowest BCUT2D eigenvalue weighted by molar-refractivity contribution is -0.139. The van der Waals surface area contributed by atoms with E-state index in [2.05, 4.69) is 10.6 Å². The van der Waals surface area contributed by atoms with Gasteiger partial charge in [-0.15, -0.1) is 0 Å². The molecule has 0 aliphatic carbocycles. The summed E-state index contributed by atoms with van der Waals surface area (Å²) in [6.07, 6.45) is -3.01. The Kier molecular flexibility index (Phi) is 9.27. The van der Waals surface area contributed by atoms with Crippen LogP contribution in [0, 0.1) is 0 Å². The largest absolute Gasteiger partial charge is 0.493 e. The summed E-state index contributed by atoms with van der Waals surface area (Å²) in [5.41, 5.74) is 1.99. The number of halogens is 3. The topological polar surface area (TPSA) is 87.7 Å². The molecule has 0 saturated carbocycles. The van der Waals surface area contributed by atoms with Crippen molar-refractivity contribution in [1.82, 2.24) is 10.6 Å². The molecule has 0 bridgehead atoms. The number of carbonyl (C=O) groups is 2. The minimum atomic E-state index is -4.31. The zero-order chi connectivity index (χ0) is 23.6. The van der Waals surface area contributed by atoms with Crippen molar-refractivity contribution in [3.8, 4) is 5.75 Å². The quantitative estimate of drug-likeness (QED) is 0.484. The molecule has 0 aliphatic rings. The van der Waals surface area contributed by atoms with Gasteiger partial charge in [-0.1, -0.05) is 31.2 Å². The summed E-state index contributed by atoms with van der Waals surface area (Å²) < 4.78 is 41.6. The van der Waals surface area contributed by atoms with E-state index in [0.29, 0.717) is 5.56 Å². The van der Waals surface area contributed by atoms with Crippen molar-refractivity contribution in [2.24, 2.45) is 0 Å². The minimum Gasteiger partial charge on any atom is -0.493 e. The smallest absolute Gasteiger partial charge is 0.392 e. The van der Waals surface area contributed by atoms with E-state index in [1.165, 1.54) is 30.3 Å². The standard InChI is InChI=1S/C23H25F3N2O4/c1-2-16-3-5-17(6-4-16)15-20(22(31)27-12-13-29)28-21(30)18-7-9-19(10-8-18)32-14-11-23(24,25)26/h3-10,15,29H,2,11-14H2,1H3,(H,27,31)(H,28,30). The molecule has 0 spiro atoms. The number of benzene rings is 2. The van der Waals surface area contributed by atoms with Crippen LogP contribution < -0.4 is 15.4 Å². The molecule has 0 unspecified atom stereocenters. The van der Waals surface area contributed by atoms with Gasteiger partial charge in [0.15, 0.2) is 0 Å². The summed E-state index contributed by atoms with van der Waals surface area (Å²) >= 11 is 0. The fraction of sp³-hybridized carbons (Fsp3) is 0.304. The van der Waals surface area contributed by atoms with E-state index >= 15 is 0 Å². The highest BCUT2D eigenvalue weighted by Gasteiger charge is 2.26. The van der Waals surface area contributed by atoms with Gasteiger partial charge in [-0.05, 0) is 47.9 Å². The minimum absolute atomic E-state index is 0.0156. The Labute approximate surface area is 184 Å². The highest BCUT2D eigenvalue weighted by atomic mass is 19.4. The third kappa shape index (κ3) is 8.43. The van der Waals surface area contributed by atoms with Crippen LogP contribution in [0.4, 0.5) is 13.2 Å². The number of aryl methyl sites for hydroxylation is 1. The van der Waals surface area contributed by atoms with Crippen molar-refractivity contribution in [2.75, 3.05) is 19.8 Å². The second kappa shape index (κ2) is 11.9. The van der Waals surface area contributed by atoms with Gasteiger partial charge < -0.3 is 20.5 Å². The molecule has 172 valence electrons. The molecule has 2 aromatic rings. The fourth-order valence-electron chi connectivity index (χ4n) is 2.62. The van der Waals surface area contributed by atoms with Crippen molar-refractivity contribution in [3.05, 3.63) is 70.9 Å². The normalized spacial score (nSPS) is 11.7. The molecule has 0 saturated heterocycles. The first-order valence-corrected chi connectivity index (χ1v) is 10.0. The molecule has 0 radical (unpaired) electrons. The number of aliphatic hydroxyl groups excluding tert-OH is 1. The number of alkyl halides is 3. The van der Waals surface area contributed by atoms with Crippen LogP contribution in [0.15, 0.2) is 54.2 Å². The number of carbonyl (C=O) groups excluding carboxylic acids is 2. The summed E-state index contributed by atoms with van der Waals surface area (Å²) in [5.74, 6) is -0.959. The molecule has 9 heteroatoms. The Bertz CT molecular complexity index is 924. The molecule has 0 fully saturated rings. The maximum atomic E-state index is 12.6. The number of rotatable bonds is 10. The summed E-state index contributed by atoms with van der Waals surface area (Å²) in [6.45, 7) is 1.26. The molecule has 2 aromatic carbocycles. The highest BCUT2D eigenvalue weighted by Crippen LogP contribution is 2.20. The van der Waals surface area contributed by atoms with Gasteiger partial charge in [0.25, 0.3) is 11.8 Å². The zero-order valence-electron chi connectivity index (χ0n) is 17.5. The Hall–Kier alpha value is -3.33. The van der Waals surface area contributed by atoms with Crippen molar-refractivity contribution in [1.29, 1.82) is 0 Å². The lowest BCUT2D eigenvalue weighted by atomic mass is 10.1. The zero-order valence-corrected chi connectivity index (χ0v) is 17.5. The first kappa shape index (κ1) is 24.9. The Balaban J connectivity index is 2.11. The van der Waals surface area contributed by atoms with E-state index < -0.39 is 31.0 Å². The summed E-state index contributed by atoms with van der Waals surface area (Å²) in [5, 5.41) is 14.0. The summed E-state index contributed by atoms with van der Waals surface area (Å²) in [4.78, 5) is 25.0.